The van der Waals surface area contributed by atoms with Gasteiger partial charge in [0, 0.05) is 18.3 Å². The van der Waals surface area contributed by atoms with Gasteiger partial charge in [0.2, 0.25) is 0 Å². The van der Waals surface area contributed by atoms with Crippen molar-refractivity contribution >= 4 is 18.0 Å². The summed E-state index contributed by atoms with van der Waals surface area (Å²) in [7, 11) is 0. The largest absolute Gasteiger partial charge is 0.447 e. The van der Waals surface area contributed by atoms with Gasteiger partial charge in [-0.1, -0.05) is 0 Å². The first-order valence-corrected chi connectivity index (χ1v) is 8.54. The summed E-state index contributed by atoms with van der Waals surface area (Å²) in [5.41, 5.74) is 0.193. The number of likely N-dealkylation sites (tertiary alicyclic amines) is 1. The second-order valence-electron chi connectivity index (χ2n) is 7.32. The molecule has 1 aromatic heterocycles. The van der Waals surface area contributed by atoms with E-state index in [4.69, 9.17) is 9.47 Å². The number of amides is 2. The number of carbonyl (C=O) groups is 2. The Morgan fingerprint density at radius 2 is 2.08 bits per heavy atom. The first-order chi connectivity index (χ1) is 11.7. The van der Waals surface area contributed by atoms with E-state index < -0.39 is 11.7 Å². The van der Waals surface area contributed by atoms with Gasteiger partial charge in [-0.05, 0) is 40.5 Å². The van der Waals surface area contributed by atoms with Crippen LogP contribution in [0.3, 0.4) is 0 Å². The lowest BCUT2D eigenvalue weighted by molar-refractivity contribution is 0.0218. The molecule has 0 spiro atoms. The topological polar surface area (TPSA) is 84.9 Å². The molecule has 0 unspecified atom stereocenters. The molecule has 1 atom stereocenters. The first-order valence-electron chi connectivity index (χ1n) is 8.54. The monoisotopic (exact) mass is 348 g/mol. The number of aryl methyl sites for hydroxylation is 1. The fourth-order valence-corrected chi connectivity index (χ4v) is 3.04. The third kappa shape index (κ3) is 3.83. The fraction of sp³-hybridized carbons (Fsp3) is 0.647. The van der Waals surface area contributed by atoms with Crippen LogP contribution in [0.25, 0.3) is 0 Å². The smallest absolute Gasteiger partial charge is 0.415 e. The Bertz CT molecular complexity index is 686. The summed E-state index contributed by atoms with van der Waals surface area (Å²) in [4.78, 5) is 36.5. The van der Waals surface area contributed by atoms with Gasteiger partial charge in [0.15, 0.2) is 5.82 Å². The van der Waals surface area contributed by atoms with E-state index in [0.717, 1.165) is 18.5 Å². The lowest BCUT2D eigenvalue weighted by Gasteiger charge is -2.28. The van der Waals surface area contributed by atoms with Crippen molar-refractivity contribution < 1.29 is 19.1 Å². The molecule has 2 aliphatic rings. The predicted octanol–water partition coefficient (Wildman–Crippen LogP) is 2.81. The molecule has 8 nitrogen and oxygen atoms in total. The lowest BCUT2D eigenvalue weighted by atomic mass is 10.2. The molecule has 25 heavy (non-hydrogen) atoms. The Kier molecular flexibility index (Phi) is 4.53. The molecule has 1 aromatic rings. The molecule has 2 amide bonds. The Morgan fingerprint density at radius 3 is 2.72 bits per heavy atom. The number of carbonyl (C=O) groups excluding carboxylic acids is 2. The molecule has 2 fully saturated rings. The van der Waals surface area contributed by atoms with Crippen LogP contribution >= 0.6 is 0 Å². The molecule has 0 aliphatic carbocycles. The van der Waals surface area contributed by atoms with E-state index in [9.17, 15) is 9.59 Å². The standard InChI is InChI=1S/C17H24N4O4/c1-11-10-13(21-8-9-24-15(21)22)19-14(18-11)12-6-5-7-20(12)16(23)25-17(2,3)4/h10,12H,5-9H2,1-4H3/t12-/m1/s1. The third-order valence-corrected chi connectivity index (χ3v) is 4.07. The van der Waals surface area contributed by atoms with Crippen LogP contribution in [0.2, 0.25) is 0 Å². The van der Waals surface area contributed by atoms with Crippen molar-refractivity contribution in [1.29, 1.82) is 0 Å². The molecule has 2 aliphatic heterocycles. The van der Waals surface area contributed by atoms with Crippen LogP contribution in [-0.4, -0.2) is 52.4 Å². The highest BCUT2D eigenvalue weighted by atomic mass is 16.6. The van der Waals surface area contributed by atoms with Gasteiger partial charge in [-0.15, -0.1) is 0 Å². The highest BCUT2D eigenvalue weighted by Gasteiger charge is 2.36. The van der Waals surface area contributed by atoms with Crippen LogP contribution in [0, 0.1) is 6.92 Å². The minimum Gasteiger partial charge on any atom is -0.447 e. The van der Waals surface area contributed by atoms with Gasteiger partial charge in [-0.2, -0.15) is 0 Å². The highest BCUT2D eigenvalue weighted by molar-refractivity contribution is 5.88. The Labute approximate surface area is 147 Å². The van der Waals surface area contributed by atoms with Crippen LogP contribution in [-0.2, 0) is 9.47 Å². The van der Waals surface area contributed by atoms with Crippen molar-refractivity contribution in [3.8, 4) is 0 Å². The number of nitrogens with zero attached hydrogens (tertiary/aromatic N) is 4. The van der Waals surface area contributed by atoms with Gasteiger partial charge in [0.1, 0.15) is 18.0 Å². The molecule has 8 heteroatoms. The van der Waals surface area contributed by atoms with Gasteiger partial charge in [0.25, 0.3) is 0 Å². The average Bonchev–Trinajstić information content (AvgIpc) is 3.13. The number of ether oxygens (including phenoxy) is 2. The molecule has 2 saturated heterocycles. The SMILES string of the molecule is Cc1cc(N2CCOC2=O)nc([C@H]2CCCN2C(=O)OC(C)(C)C)n1. The number of hydrogen-bond acceptors (Lipinski definition) is 6. The van der Waals surface area contributed by atoms with E-state index in [1.54, 1.807) is 11.0 Å². The normalized spacial score (nSPS) is 20.8. The molecule has 0 radical (unpaired) electrons. The van der Waals surface area contributed by atoms with E-state index in [0.29, 0.717) is 31.3 Å². The van der Waals surface area contributed by atoms with Crippen molar-refractivity contribution in [1.82, 2.24) is 14.9 Å². The average molecular weight is 348 g/mol. The fourth-order valence-electron chi connectivity index (χ4n) is 3.04. The van der Waals surface area contributed by atoms with Crippen molar-refractivity contribution in [2.75, 3.05) is 24.6 Å². The predicted molar refractivity (Wildman–Crippen MR) is 90.4 cm³/mol. The number of hydrogen-bond donors (Lipinski definition) is 0. The van der Waals surface area contributed by atoms with Gasteiger partial charge in [0.05, 0.1) is 12.6 Å². The molecule has 136 valence electrons. The first kappa shape index (κ1) is 17.4. The summed E-state index contributed by atoms with van der Waals surface area (Å²) in [6.45, 7) is 8.81. The van der Waals surface area contributed by atoms with Crippen molar-refractivity contribution in [3.63, 3.8) is 0 Å². The Hall–Kier alpha value is -2.38. The summed E-state index contributed by atoms with van der Waals surface area (Å²) in [6.07, 6.45) is 0.872. The molecule has 3 heterocycles. The van der Waals surface area contributed by atoms with Gasteiger partial charge < -0.3 is 9.47 Å². The summed E-state index contributed by atoms with van der Waals surface area (Å²) in [5.74, 6) is 1.05. The van der Waals surface area contributed by atoms with Crippen molar-refractivity contribution in [2.45, 2.75) is 52.2 Å². The lowest BCUT2D eigenvalue weighted by Crippen LogP contribution is -2.37. The maximum absolute atomic E-state index is 12.5. The third-order valence-electron chi connectivity index (χ3n) is 4.07. The maximum atomic E-state index is 12.5. The van der Waals surface area contributed by atoms with Crippen LogP contribution in [0.4, 0.5) is 15.4 Å². The number of rotatable bonds is 2. The van der Waals surface area contributed by atoms with E-state index in [1.807, 2.05) is 27.7 Å². The maximum Gasteiger partial charge on any atom is 0.415 e. The van der Waals surface area contributed by atoms with E-state index in [2.05, 4.69) is 9.97 Å². The summed E-state index contributed by atoms with van der Waals surface area (Å²) in [6, 6.07) is 1.51. The van der Waals surface area contributed by atoms with Crippen LogP contribution in [0.5, 0.6) is 0 Å². The van der Waals surface area contributed by atoms with Gasteiger partial charge in [-0.25, -0.2) is 19.6 Å². The molecule has 0 saturated carbocycles. The number of cyclic esters (lactones) is 1. The molecule has 0 N–H and O–H groups in total. The molecule has 0 bridgehead atoms. The van der Waals surface area contributed by atoms with Crippen molar-refractivity contribution in [3.05, 3.63) is 17.6 Å². The molecular weight excluding hydrogens is 324 g/mol. The van der Waals surface area contributed by atoms with Crippen molar-refractivity contribution in [2.24, 2.45) is 0 Å². The van der Waals surface area contributed by atoms with E-state index in [-0.39, 0.29) is 12.1 Å². The zero-order valence-electron chi connectivity index (χ0n) is 15.1. The molecule has 3 rings (SSSR count). The number of anilines is 1. The molecular formula is C17H24N4O4. The van der Waals surface area contributed by atoms with Crippen LogP contribution in [0.15, 0.2) is 6.07 Å². The minimum absolute atomic E-state index is 0.243. The van der Waals surface area contributed by atoms with Gasteiger partial charge in [-0.3, -0.25) is 9.80 Å². The Morgan fingerprint density at radius 1 is 1.32 bits per heavy atom. The Balaban J connectivity index is 1.86. The van der Waals surface area contributed by atoms with Gasteiger partial charge >= 0.3 is 12.2 Å². The second-order valence-corrected chi connectivity index (χ2v) is 7.32. The molecule has 0 aromatic carbocycles. The quantitative estimate of drug-likeness (QED) is 0.817. The highest BCUT2D eigenvalue weighted by Crippen LogP contribution is 2.32. The number of aromatic nitrogens is 2. The zero-order valence-corrected chi connectivity index (χ0v) is 15.1. The zero-order chi connectivity index (χ0) is 18.2. The summed E-state index contributed by atoms with van der Waals surface area (Å²) in [5, 5.41) is 0. The summed E-state index contributed by atoms with van der Waals surface area (Å²) >= 11 is 0. The van der Waals surface area contributed by atoms with Crippen LogP contribution in [0.1, 0.15) is 51.2 Å². The minimum atomic E-state index is -0.553. The summed E-state index contributed by atoms with van der Waals surface area (Å²) < 4.78 is 10.5. The second kappa shape index (κ2) is 6.50. The van der Waals surface area contributed by atoms with E-state index >= 15 is 0 Å². The van der Waals surface area contributed by atoms with Crippen LogP contribution < -0.4 is 4.90 Å². The van der Waals surface area contributed by atoms with E-state index in [1.165, 1.54) is 4.90 Å².